The predicted molar refractivity (Wildman–Crippen MR) is 58.8 cm³/mol. The molecule has 0 heterocycles. The third kappa shape index (κ3) is 24.5. The molecule has 0 saturated carbocycles. The average molecular weight is 216 g/mol. The van der Waals surface area contributed by atoms with E-state index >= 15 is 0 Å². The second kappa shape index (κ2) is 12.7. The first kappa shape index (κ1) is 16.1. The van der Waals surface area contributed by atoms with Gasteiger partial charge in [-0.25, -0.2) is 0 Å². The third-order valence-corrected chi connectivity index (χ3v) is 1.54. The lowest BCUT2D eigenvalue weighted by Gasteiger charge is -1.89. The Morgan fingerprint density at radius 1 is 1.13 bits per heavy atom. The molecule has 0 saturated heterocycles. The van der Waals surface area contributed by atoms with Gasteiger partial charge >= 0.3 is 11.9 Å². The normalized spacial score (nSPS) is 8.60. The van der Waals surface area contributed by atoms with E-state index in [2.05, 4.69) is 13.5 Å². The molecule has 0 aromatic carbocycles. The van der Waals surface area contributed by atoms with E-state index in [0.29, 0.717) is 0 Å². The summed E-state index contributed by atoms with van der Waals surface area (Å²) in [5, 5.41) is 16.1. The van der Waals surface area contributed by atoms with Crippen LogP contribution in [0.1, 0.15) is 45.4 Å². The van der Waals surface area contributed by atoms with Crippen molar-refractivity contribution in [1.82, 2.24) is 0 Å². The second-order valence-corrected chi connectivity index (χ2v) is 3.07. The van der Waals surface area contributed by atoms with Crippen molar-refractivity contribution in [1.29, 1.82) is 0 Å². The molecule has 2 N–H and O–H groups in total. The van der Waals surface area contributed by atoms with Gasteiger partial charge in [0.05, 0.1) is 0 Å². The fourth-order valence-electron chi connectivity index (χ4n) is 0.739. The van der Waals surface area contributed by atoms with E-state index in [0.717, 1.165) is 0 Å². The monoisotopic (exact) mass is 216 g/mol. The molecule has 0 aromatic heterocycles. The van der Waals surface area contributed by atoms with Gasteiger partial charge in [0.1, 0.15) is 0 Å². The fraction of sp³-hybridized carbons (Fsp3) is 0.636. The molecule has 88 valence electrons. The van der Waals surface area contributed by atoms with Crippen LogP contribution in [0.5, 0.6) is 0 Å². The number of unbranched alkanes of at least 4 members (excludes halogenated alkanes) is 2. The first-order valence-electron chi connectivity index (χ1n) is 5.09. The smallest absolute Gasteiger partial charge is 0.303 e. The summed E-state index contributed by atoms with van der Waals surface area (Å²) in [6.07, 6.45) is 5.80. The van der Waals surface area contributed by atoms with Crippen LogP contribution < -0.4 is 0 Å². The summed E-state index contributed by atoms with van der Waals surface area (Å²) in [5.41, 5.74) is 0. The number of rotatable bonds is 7. The van der Waals surface area contributed by atoms with E-state index in [4.69, 9.17) is 10.2 Å². The van der Waals surface area contributed by atoms with Crippen LogP contribution in [-0.2, 0) is 9.59 Å². The van der Waals surface area contributed by atoms with Crippen LogP contribution in [0.3, 0.4) is 0 Å². The SMILES string of the molecule is C=CCCCC.O=C(O)CCCC(=O)O. The molecule has 0 bridgehead atoms. The van der Waals surface area contributed by atoms with Gasteiger partial charge in [-0.2, -0.15) is 0 Å². The van der Waals surface area contributed by atoms with Crippen molar-refractivity contribution in [2.45, 2.75) is 45.4 Å². The number of hydrogen-bond acceptors (Lipinski definition) is 2. The lowest BCUT2D eigenvalue weighted by atomic mass is 10.2. The van der Waals surface area contributed by atoms with Gasteiger partial charge < -0.3 is 10.2 Å². The van der Waals surface area contributed by atoms with Gasteiger partial charge in [0.2, 0.25) is 0 Å². The number of hydrogen-bond donors (Lipinski definition) is 2. The van der Waals surface area contributed by atoms with Crippen LogP contribution in [0.15, 0.2) is 12.7 Å². The minimum absolute atomic E-state index is 0.0632. The number of carboxylic acid groups (broad SMARTS) is 2. The van der Waals surface area contributed by atoms with Crippen molar-refractivity contribution in [2.24, 2.45) is 0 Å². The second-order valence-electron chi connectivity index (χ2n) is 3.07. The highest BCUT2D eigenvalue weighted by molar-refractivity contribution is 5.69. The Morgan fingerprint density at radius 3 is 1.80 bits per heavy atom. The van der Waals surface area contributed by atoms with E-state index in [1.165, 1.54) is 19.3 Å². The Morgan fingerprint density at radius 2 is 1.60 bits per heavy atom. The maximum absolute atomic E-state index is 9.79. The topological polar surface area (TPSA) is 74.6 Å². The molecule has 0 amide bonds. The van der Waals surface area contributed by atoms with Crippen LogP contribution in [0, 0.1) is 0 Å². The van der Waals surface area contributed by atoms with Gasteiger partial charge in [-0.1, -0.05) is 25.8 Å². The zero-order valence-electron chi connectivity index (χ0n) is 9.24. The molecule has 15 heavy (non-hydrogen) atoms. The van der Waals surface area contributed by atoms with Crippen molar-refractivity contribution in [3.63, 3.8) is 0 Å². The molecular formula is C11H20O4. The van der Waals surface area contributed by atoms with Crippen molar-refractivity contribution < 1.29 is 19.8 Å². The molecule has 0 unspecified atom stereocenters. The molecule has 0 spiro atoms. The summed E-state index contributed by atoms with van der Waals surface area (Å²) in [5.74, 6) is -1.90. The van der Waals surface area contributed by atoms with Gasteiger partial charge in [0, 0.05) is 12.8 Å². The van der Waals surface area contributed by atoms with Gasteiger partial charge in [-0.15, -0.1) is 6.58 Å². The highest BCUT2D eigenvalue weighted by atomic mass is 16.4. The third-order valence-electron chi connectivity index (χ3n) is 1.54. The van der Waals surface area contributed by atoms with Crippen LogP contribution in [-0.4, -0.2) is 22.2 Å². The van der Waals surface area contributed by atoms with E-state index in [9.17, 15) is 9.59 Å². The Hall–Kier alpha value is -1.32. The number of carbonyl (C=O) groups is 2. The predicted octanol–water partition coefficient (Wildman–Crippen LogP) is 2.69. The molecule has 0 aliphatic heterocycles. The summed E-state index contributed by atoms with van der Waals surface area (Å²) >= 11 is 0. The highest BCUT2D eigenvalue weighted by Crippen LogP contribution is 1.93. The summed E-state index contributed by atoms with van der Waals surface area (Å²) in [7, 11) is 0. The van der Waals surface area contributed by atoms with E-state index < -0.39 is 11.9 Å². The molecular weight excluding hydrogens is 196 g/mol. The van der Waals surface area contributed by atoms with E-state index in [1.807, 2.05) is 6.08 Å². The minimum Gasteiger partial charge on any atom is -0.481 e. The average Bonchev–Trinajstić information content (AvgIpc) is 2.14. The zero-order valence-corrected chi connectivity index (χ0v) is 9.24. The maximum atomic E-state index is 9.79. The molecule has 0 aliphatic carbocycles. The molecule has 0 rings (SSSR count). The molecule has 0 aliphatic rings. The van der Waals surface area contributed by atoms with Crippen molar-refractivity contribution in [3.8, 4) is 0 Å². The van der Waals surface area contributed by atoms with Gasteiger partial charge in [0.15, 0.2) is 0 Å². The fourth-order valence-corrected chi connectivity index (χ4v) is 0.739. The number of allylic oxidation sites excluding steroid dienone is 1. The molecule has 0 radical (unpaired) electrons. The zero-order chi connectivity index (χ0) is 12.1. The molecule has 0 fully saturated rings. The van der Waals surface area contributed by atoms with Crippen molar-refractivity contribution >= 4 is 11.9 Å². The Balaban J connectivity index is 0. The Bertz CT molecular complexity index is 173. The van der Waals surface area contributed by atoms with Crippen molar-refractivity contribution in [3.05, 3.63) is 12.7 Å². The quantitative estimate of drug-likeness (QED) is 0.507. The highest BCUT2D eigenvalue weighted by Gasteiger charge is 1.99. The van der Waals surface area contributed by atoms with Crippen LogP contribution in [0.25, 0.3) is 0 Å². The summed E-state index contributed by atoms with van der Waals surface area (Å²) in [6.45, 7) is 5.78. The first-order chi connectivity index (χ1) is 7.04. The molecule has 4 nitrogen and oxygen atoms in total. The summed E-state index contributed by atoms with van der Waals surface area (Å²) in [6, 6.07) is 0. The van der Waals surface area contributed by atoms with E-state index in [1.54, 1.807) is 0 Å². The lowest BCUT2D eigenvalue weighted by Crippen LogP contribution is -1.98. The van der Waals surface area contributed by atoms with Gasteiger partial charge in [0.25, 0.3) is 0 Å². The molecule has 4 heteroatoms. The van der Waals surface area contributed by atoms with Gasteiger partial charge in [-0.05, 0) is 12.8 Å². The first-order valence-corrected chi connectivity index (χ1v) is 5.09. The van der Waals surface area contributed by atoms with Crippen LogP contribution in [0.4, 0.5) is 0 Å². The molecule has 0 aromatic rings. The maximum Gasteiger partial charge on any atom is 0.303 e. The Kier molecular flexibility index (Phi) is 13.6. The van der Waals surface area contributed by atoms with Gasteiger partial charge in [-0.3, -0.25) is 9.59 Å². The van der Waals surface area contributed by atoms with E-state index in [-0.39, 0.29) is 19.3 Å². The number of carboxylic acids is 2. The summed E-state index contributed by atoms with van der Waals surface area (Å²) in [4.78, 5) is 19.6. The standard InChI is InChI=1S/C6H12.C5H8O4/c1-3-5-6-4-2;6-4(7)2-1-3-5(8)9/h3H,1,4-6H2,2H3;1-3H2,(H,6,7)(H,8,9). The number of aliphatic carboxylic acids is 2. The summed E-state index contributed by atoms with van der Waals surface area (Å²) < 4.78 is 0. The Labute approximate surface area is 90.6 Å². The minimum atomic E-state index is -0.948. The largest absolute Gasteiger partial charge is 0.481 e. The molecule has 0 atom stereocenters. The van der Waals surface area contributed by atoms with Crippen molar-refractivity contribution in [2.75, 3.05) is 0 Å². The van der Waals surface area contributed by atoms with Crippen LogP contribution in [0.2, 0.25) is 0 Å². The lowest BCUT2D eigenvalue weighted by molar-refractivity contribution is -0.138. The van der Waals surface area contributed by atoms with Crippen LogP contribution >= 0.6 is 0 Å².